The third-order valence-electron chi connectivity index (χ3n) is 2.44. The summed E-state index contributed by atoms with van der Waals surface area (Å²) >= 11 is 5.79. The fourth-order valence-electron chi connectivity index (χ4n) is 1.37. The third kappa shape index (κ3) is 6.08. The maximum atomic E-state index is 12.0. The van der Waals surface area contributed by atoms with Crippen molar-refractivity contribution in [2.75, 3.05) is 13.1 Å². The van der Waals surface area contributed by atoms with Gasteiger partial charge in [0.05, 0.1) is 4.88 Å². The molecule has 6 nitrogen and oxygen atoms in total. The van der Waals surface area contributed by atoms with Crippen molar-refractivity contribution in [1.82, 2.24) is 10.0 Å². The lowest BCUT2D eigenvalue weighted by Gasteiger charge is -2.08. The molecular formula is C12H19N3O3S3. The minimum atomic E-state index is -3.63. The van der Waals surface area contributed by atoms with E-state index in [0.29, 0.717) is 17.3 Å². The Kier molecular flexibility index (Phi) is 6.72. The number of carbonyl (C=O) groups is 1. The van der Waals surface area contributed by atoms with Crippen LogP contribution in [0.25, 0.3) is 0 Å². The fraction of sp³-hybridized carbons (Fsp3) is 0.500. The molecule has 0 aliphatic carbocycles. The standard InChI is InChI=1S/C12H19N3O3S3/c1-8(2)7-14-10(16)5-6-15-21(17,18)11-4-3-9(20-11)12(13)19/h3-4,8,15H,5-7H2,1-2H3,(H2,13,19)(H,14,16). The highest BCUT2D eigenvalue weighted by atomic mass is 32.2. The van der Waals surface area contributed by atoms with Crippen LogP contribution in [0.1, 0.15) is 25.1 Å². The van der Waals surface area contributed by atoms with Gasteiger partial charge < -0.3 is 11.1 Å². The van der Waals surface area contributed by atoms with Crippen LogP contribution in [0.2, 0.25) is 0 Å². The van der Waals surface area contributed by atoms with E-state index < -0.39 is 10.0 Å². The molecule has 1 amide bonds. The van der Waals surface area contributed by atoms with Gasteiger partial charge >= 0.3 is 0 Å². The molecule has 21 heavy (non-hydrogen) atoms. The fourth-order valence-corrected chi connectivity index (χ4v) is 3.80. The molecule has 0 aromatic carbocycles. The van der Waals surface area contributed by atoms with Gasteiger partial charge in [-0.25, -0.2) is 13.1 Å². The molecule has 0 spiro atoms. The second kappa shape index (κ2) is 7.83. The van der Waals surface area contributed by atoms with Crippen molar-refractivity contribution in [3.63, 3.8) is 0 Å². The van der Waals surface area contributed by atoms with Crippen LogP contribution in [0.3, 0.4) is 0 Å². The summed E-state index contributed by atoms with van der Waals surface area (Å²) in [6.45, 7) is 4.60. The van der Waals surface area contributed by atoms with Crippen LogP contribution in [-0.2, 0) is 14.8 Å². The summed E-state index contributed by atoms with van der Waals surface area (Å²) in [4.78, 5) is 12.2. The van der Waals surface area contributed by atoms with Crippen molar-refractivity contribution in [2.45, 2.75) is 24.5 Å². The molecule has 0 aliphatic rings. The molecule has 0 saturated heterocycles. The minimum Gasteiger partial charge on any atom is -0.389 e. The van der Waals surface area contributed by atoms with Crippen LogP contribution in [0.15, 0.2) is 16.3 Å². The number of nitrogens with two attached hydrogens (primary N) is 1. The average Bonchev–Trinajstić information content (AvgIpc) is 2.86. The first kappa shape index (κ1) is 18.0. The summed E-state index contributed by atoms with van der Waals surface area (Å²) in [5.74, 6) is 0.177. The van der Waals surface area contributed by atoms with E-state index in [4.69, 9.17) is 18.0 Å². The Balaban J connectivity index is 2.49. The molecule has 1 rings (SSSR count). The summed E-state index contributed by atoms with van der Waals surface area (Å²) in [7, 11) is -3.63. The molecule has 0 fully saturated rings. The molecule has 0 bridgehead atoms. The van der Waals surface area contributed by atoms with Gasteiger partial charge in [0.25, 0.3) is 0 Å². The number of amides is 1. The van der Waals surface area contributed by atoms with Crippen molar-refractivity contribution in [3.05, 3.63) is 17.0 Å². The number of hydrogen-bond acceptors (Lipinski definition) is 5. The van der Waals surface area contributed by atoms with Gasteiger partial charge in [-0.15, -0.1) is 11.3 Å². The molecule has 0 atom stereocenters. The van der Waals surface area contributed by atoms with E-state index in [0.717, 1.165) is 11.3 Å². The molecular weight excluding hydrogens is 330 g/mol. The van der Waals surface area contributed by atoms with Crippen LogP contribution in [0.4, 0.5) is 0 Å². The Morgan fingerprint density at radius 2 is 2.10 bits per heavy atom. The molecule has 1 aromatic rings. The van der Waals surface area contributed by atoms with Crippen LogP contribution >= 0.6 is 23.6 Å². The van der Waals surface area contributed by atoms with Crippen LogP contribution < -0.4 is 15.8 Å². The number of carbonyl (C=O) groups excluding carboxylic acids is 1. The highest BCUT2D eigenvalue weighted by molar-refractivity contribution is 7.91. The van der Waals surface area contributed by atoms with Gasteiger partial charge in [0.15, 0.2) is 0 Å². The van der Waals surface area contributed by atoms with Crippen LogP contribution in [0, 0.1) is 5.92 Å². The number of rotatable bonds is 8. The summed E-state index contributed by atoms with van der Waals surface area (Å²) in [5, 5.41) is 2.72. The van der Waals surface area contributed by atoms with E-state index in [-0.39, 0.29) is 28.1 Å². The number of hydrogen-bond donors (Lipinski definition) is 3. The van der Waals surface area contributed by atoms with Gasteiger partial charge in [-0.3, -0.25) is 4.79 Å². The summed E-state index contributed by atoms with van der Waals surface area (Å²) in [6, 6.07) is 3.01. The van der Waals surface area contributed by atoms with Crippen LogP contribution in [0.5, 0.6) is 0 Å². The smallest absolute Gasteiger partial charge is 0.250 e. The Morgan fingerprint density at radius 1 is 1.43 bits per heavy atom. The van der Waals surface area contributed by atoms with E-state index in [2.05, 4.69) is 10.0 Å². The molecule has 0 saturated carbocycles. The molecule has 0 radical (unpaired) electrons. The second-order valence-electron chi connectivity index (χ2n) is 4.83. The Morgan fingerprint density at radius 3 is 2.62 bits per heavy atom. The van der Waals surface area contributed by atoms with Crippen molar-refractivity contribution in [1.29, 1.82) is 0 Å². The normalized spacial score (nSPS) is 11.6. The third-order valence-corrected chi connectivity index (χ3v) is 5.86. The number of thiophene rings is 1. The van der Waals surface area contributed by atoms with Gasteiger partial charge in [-0.1, -0.05) is 26.1 Å². The average molecular weight is 350 g/mol. The molecule has 4 N–H and O–H groups in total. The number of thiocarbonyl (C=S) groups is 1. The zero-order chi connectivity index (χ0) is 16.0. The van der Waals surface area contributed by atoms with E-state index in [1.807, 2.05) is 13.8 Å². The van der Waals surface area contributed by atoms with Gasteiger partial charge in [0.1, 0.15) is 9.20 Å². The lowest BCUT2D eigenvalue weighted by Crippen LogP contribution is -2.32. The van der Waals surface area contributed by atoms with E-state index >= 15 is 0 Å². The summed E-state index contributed by atoms with van der Waals surface area (Å²) in [5.41, 5.74) is 5.44. The van der Waals surface area contributed by atoms with Gasteiger partial charge in [0.2, 0.25) is 15.9 Å². The van der Waals surface area contributed by atoms with Gasteiger partial charge in [0, 0.05) is 19.5 Å². The van der Waals surface area contributed by atoms with Gasteiger partial charge in [-0.05, 0) is 18.1 Å². The van der Waals surface area contributed by atoms with Crippen molar-refractivity contribution < 1.29 is 13.2 Å². The van der Waals surface area contributed by atoms with E-state index in [9.17, 15) is 13.2 Å². The second-order valence-corrected chi connectivity index (χ2v) is 8.35. The Bertz CT molecular complexity index is 608. The molecule has 1 aromatic heterocycles. The lowest BCUT2D eigenvalue weighted by molar-refractivity contribution is -0.121. The Hall–Kier alpha value is -1.03. The highest BCUT2D eigenvalue weighted by Crippen LogP contribution is 2.21. The van der Waals surface area contributed by atoms with E-state index in [1.54, 1.807) is 6.07 Å². The predicted octanol–water partition coefficient (Wildman–Crippen LogP) is 0.823. The molecule has 0 aliphatic heterocycles. The first-order chi connectivity index (χ1) is 9.72. The largest absolute Gasteiger partial charge is 0.389 e. The number of nitrogens with one attached hydrogen (secondary N) is 2. The Labute approximate surface area is 134 Å². The monoisotopic (exact) mass is 349 g/mol. The summed E-state index contributed by atoms with van der Waals surface area (Å²) < 4.78 is 26.5. The molecule has 1 heterocycles. The topological polar surface area (TPSA) is 101 Å². The van der Waals surface area contributed by atoms with Crippen molar-refractivity contribution in [3.8, 4) is 0 Å². The van der Waals surface area contributed by atoms with Crippen LogP contribution in [-0.4, -0.2) is 32.4 Å². The first-order valence-corrected chi connectivity index (χ1v) is 9.09. The van der Waals surface area contributed by atoms with Gasteiger partial charge in [-0.2, -0.15) is 0 Å². The zero-order valence-corrected chi connectivity index (χ0v) is 14.3. The maximum Gasteiger partial charge on any atom is 0.250 e. The van der Waals surface area contributed by atoms with E-state index in [1.165, 1.54) is 6.07 Å². The molecule has 0 unspecified atom stereocenters. The SMILES string of the molecule is CC(C)CNC(=O)CCNS(=O)(=O)c1ccc(C(N)=S)s1. The molecule has 118 valence electrons. The minimum absolute atomic E-state index is 0.0482. The first-order valence-electron chi connectivity index (χ1n) is 6.38. The maximum absolute atomic E-state index is 12.0. The quantitative estimate of drug-likeness (QED) is 0.603. The van der Waals surface area contributed by atoms with Crippen molar-refractivity contribution >= 4 is 44.5 Å². The number of sulfonamides is 1. The summed E-state index contributed by atoms with van der Waals surface area (Å²) in [6.07, 6.45) is 0.0967. The zero-order valence-electron chi connectivity index (χ0n) is 11.9. The molecule has 9 heteroatoms. The van der Waals surface area contributed by atoms with Crippen molar-refractivity contribution in [2.24, 2.45) is 11.7 Å². The lowest BCUT2D eigenvalue weighted by atomic mass is 10.2. The predicted molar refractivity (Wildman–Crippen MR) is 87.9 cm³/mol. The highest BCUT2D eigenvalue weighted by Gasteiger charge is 2.17.